The molecule has 0 saturated carbocycles. The van der Waals surface area contributed by atoms with Crippen LogP contribution in [0.3, 0.4) is 0 Å². The van der Waals surface area contributed by atoms with Crippen molar-refractivity contribution in [1.82, 2.24) is 9.97 Å². The standard InChI is InChI=1S/C11H17N3O3/c1-2-8-17-9-5-7-13-11(14-9)12-6-3-4-10(15)16/h5,7H,2-4,6,8H2,1H3,(H,15,16)(H,12,13,14). The Morgan fingerprint density at radius 3 is 3.12 bits per heavy atom. The Labute approximate surface area is 100 Å². The predicted molar refractivity (Wildman–Crippen MR) is 63.2 cm³/mol. The van der Waals surface area contributed by atoms with E-state index in [1.165, 1.54) is 0 Å². The number of carboxylic acid groups (broad SMARTS) is 1. The van der Waals surface area contributed by atoms with E-state index >= 15 is 0 Å². The number of hydrogen-bond donors (Lipinski definition) is 2. The Kier molecular flexibility index (Phi) is 5.77. The number of rotatable bonds is 8. The summed E-state index contributed by atoms with van der Waals surface area (Å²) in [6, 6.07) is 1.69. The third kappa shape index (κ3) is 5.70. The van der Waals surface area contributed by atoms with Crippen molar-refractivity contribution in [2.45, 2.75) is 26.2 Å². The molecular weight excluding hydrogens is 222 g/mol. The van der Waals surface area contributed by atoms with E-state index in [-0.39, 0.29) is 6.42 Å². The van der Waals surface area contributed by atoms with Gasteiger partial charge in [-0.1, -0.05) is 6.92 Å². The topological polar surface area (TPSA) is 84.3 Å². The number of ether oxygens (including phenoxy) is 1. The second-order valence-electron chi connectivity index (χ2n) is 3.49. The molecule has 6 nitrogen and oxygen atoms in total. The van der Waals surface area contributed by atoms with Gasteiger partial charge in [-0.05, 0) is 12.8 Å². The van der Waals surface area contributed by atoms with Crippen molar-refractivity contribution < 1.29 is 14.6 Å². The third-order valence-corrected chi connectivity index (χ3v) is 1.93. The monoisotopic (exact) mass is 239 g/mol. The fourth-order valence-electron chi connectivity index (χ4n) is 1.15. The molecule has 0 unspecified atom stereocenters. The summed E-state index contributed by atoms with van der Waals surface area (Å²) in [4.78, 5) is 18.5. The molecule has 1 aromatic heterocycles. The molecule has 0 spiro atoms. The van der Waals surface area contributed by atoms with Gasteiger partial charge in [-0.3, -0.25) is 4.79 Å². The highest BCUT2D eigenvalue weighted by Gasteiger charge is 2.00. The molecule has 2 N–H and O–H groups in total. The summed E-state index contributed by atoms with van der Waals surface area (Å²) in [7, 11) is 0. The van der Waals surface area contributed by atoms with Gasteiger partial charge in [0, 0.05) is 25.2 Å². The average Bonchev–Trinajstić information content (AvgIpc) is 2.32. The Bertz CT molecular complexity index is 358. The van der Waals surface area contributed by atoms with Crippen molar-refractivity contribution in [2.75, 3.05) is 18.5 Å². The maximum Gasteiger partial charge on any atom is 0.303 e. The first-order chi connectivity index (χ1) is 8.22. The summed E-state index contributed by atoms with van der Waals surface area (Å²) in [5.41, 5.74) is 0. The smallest absolute Gasteiger partial charge is 0.303 e. The van der Waals surface area contributed by atoms with Crippen molar-refractivity contribution >= 4 is 11.9 Å². The summed E-state index contributed by atoms with van der Waals surface area (Å²) < 4.78 is 5.36. The summed E-state index contributed by atoms with van der Waals surface area (Å²) in [6.07, 6.45) is 3.21. The van der Waals surface area contributed by atoms with Crippen LogP contribution < -0.4 is 10.1 Å². The number of aliphatic carboxylic acids is 1. The summed E-state index contributed by atoms with van der Waals surface area (Å²) >= 11 is 0. The molecule has 1 rings (SSSR count). The minimum atomic E-state index is -0.798. The van der Waals surface area contributed by atoms with E-state index in [4.69, 9.17) is 9.84 Å². The predicted octanol–water partition coefficient (Wildman–Crippen LogP) is 1.54. The van der Waals surface area contributed by atoms with Gasteiger partial charge in [0.15, 0.2) is 0 Å². The van der Waals surface area contributed by atoms with Gasteiger partial charge in [-0.15, -0.1) is 0 Å². The lowest BCUT2D eigenvalue weighted by Crippen LogP contribution is -2.08. The van der Waals surface area contributed by atoms with Crippen LogP contribution in [0.2, 0.25) is 0 Å². The van der Waals surface area contributed by atoms with Crippen LogP contribution in [0.5, 0.6) is 5.88 Å². The first kappa shape index (κ1) is 13.2. The molecule has 0 aromatic carbocycles. The van der Waals surface area contributed by atoms with Crippen LogP contribution >= 0.6 is 0 Å². The largest absolute Gasteiger partial charge is 0.481 e. The number of hydrogen-bond acceptors (Lipinski definition) is 5. The SMILES string of the molecule is CCCOc1ccnc(NCCCC(=O)O)n1. The van der Waals surface area contributed by atoms with Gasteiger partial charge in [-0.2, -0.15) is 4.98 Å². The highest BCUT2D eigenvalue weighted by molar-refractivity contribution is 5.66. The average molecular weight is 239 g/mol. The molecule has 0 aliphatic heterocycles. The van der Waals surface area contributed by atoms with E-state index < -0.39 is 5.97 Å². The molecule has 0 amide bonds. The number of nitrogens with zero attached hydrogens (tertiary/aromatic N) is 2. The van der Waals surface area contributed by atoms with Crippen molar-refractivity contribution in [1.29, 1.82) is 0 Å². The number of aromatic nitrogens is 2. The van der Waals surface area contributed by atoms with Crippen LogP contribution in [0.4, 0.5) is 5.95 Å². The highest BCUT2D eigenvalue weighted by atomic mass is 16.5. The molecule has 0 radical (unpaired) electrons. The number of nitrogens with one attached hydrogen (secondary N) is 1. The van der Waals surface area contributed by atoms with Gasteiger partial charge in [0.2, 0.25) is 11.8 Å². The molecule has 17 heavy (non-hydrogen) atoms. The molecule has 1 heterocycles. The van der Waals surface area contributed by atoms with Gasteiger partial charge < -0.3 is 15.2 Å². The summed E-state index contributed by atoms with van der Waals surface area (Å²) in [5.74, 6) is 0.194. The van der Waals surface area contributed by atoms with E-state index in [2.05, 4.69) is 15.3 Å². The van der Waals surface area contributed by atoms with Crippen molar-refractivity contribution in [3.05, 3.63) is 12.3 Å². The van der Waals surface area contributed by atoms with Crippen LogP contribution in [0.25, 0.3) is 0 Å². The lowest BCUT2D eigenvalue weighted by Gasteiger charge is -2.06. The van der Waals surface area contributed by atoms with Gasteiger partial charge in [0.1, 0.15) is 0 Å². The van der Waals surface area contributed by atoms with Crippen LogP contribution in [0, 0.1) is 0 Å². The second-order valence-corrected chi connectivity index (χ2v) is 3.49. The van der Waals surface area contributed by atoms with E-state index in [9.17, 15) is 4.79 Å². The molecule has 6 heteroatoms. The normalized spacial score (nSPS) is 9.94. The van der Waals surface area contributed by atoms with Gasteiger partial charge in [-0.25, -0.2) is 4.98 Å². The molecule has 94 valence electrons. The fourth-order valence-corrected chi connectivity index (χ4v) is 1.15. The number of anilines is 1. The van der Waals surface area contributed by atoms with Crippen molar-refractivity contribution in [2.24, 2.45) is 0 Å². The van der Waals surface area contributed by atoms with Crippen molar-refractivity contribution in [3.63, 3.8) is 0 Å². The minimum Gasteiger partial charge on any atom is -0.481 e. The van der Waals surface area contributed by atoms with Crippen LogP contribution in [0.15, 0.2) is 12.3 Å². The van der Waals surface area contributed by atoms with E-state index in [1.54, 1.807) is 12.3 Å². The van der Waals surface area contributed by atoms with E-state index in [1.807, 2.05) is 6.92 Å². The molecule has 0 aliphatic carbocycles. The molecule has 1 aromatic rings. The third-order valence-electron chi connectivity index (χ3n) is 1.93. The van der Waals surface area contributed by atoms with Crippen LogP contribution in [-0.4, -0.2) is 34.2 Å². The molecule has 0 fully saturated rings. The minimum absolute atomic E-state index is 0.138. The van der Waals surface area contributed by atoms with Crippen LogP contribution in [0.1, 0.15) is 26.2 Å². The van der Waals surface area contributed by atoms with Gasteiger partial charge in [0.25, 0.3) is 0 Å². The maximum atomic E-state index is 10.3. The molecule has 0 aliphatic rings. The Balaban J connectivity index is 2.34. The Hall–Kier alpha value is -1.85. The van der Waals surface area contributed by atoms with E-state index in [0.29, 0.717) is 31.4 Å². The Morgan fingerprint density at radius 2 is 2.41 bits per heavy atom. The second kappa shape index (κ2) is 7.43. The lowest BCUT2D eigenvalue weighted by atomic mass is 10.3. The maximum absolute atomic E-state index is 10.3. The summed E-state index contributed by atoms with van der Waals surface area (Å²) in [6.45, 7) is 3.17. The molecule has 0 bridgehead atoms. The molecule has 0 atom stereocenters. The van der Waals surface area contributed by atoms with Gasteiger partial charge >= 0.3 is 5.97 Å². The number of carbonyl (C=O) groups is 1. The lowest BCUT2D eigenvalue weighted by molar-refractivity contribution is -0.137. The highest BCUT2D eigenvalue weighted by Crippen LogP contribution is 2.08. The quantitative estimate of drug-likeness (QED) is 0.669. The molecular formula is C11H17N3O3. The molecule has 0 saturated heterocycles. The Morgan fingerprint density at radius 1 is 1.59 bits per heavy atom. The zero-order valence-corrected chi connectivity index (χ0v) is 9.85. The first-order valence-electron chi connectivity index (χ1n) is 5.64. The van der Waals surface area contributed by atoms with Crippen molar-refractivity contribution in [3.8, 4) is 5.88 Å². The number of carboxylic acids is 1. The van der Waals surface area contributed by atoms with E-state index in [0.717, 1.165) is 6.42 Å². The fraction of sp³-hybridized carbons (Fsp3) is 0.545. The first-order valence-corrected chi connectivity index (χ1v) is 5.64. The zero-order valence-electron chi connectivity index (χ0n) is 9.85. The van der Waals surface area contributed by atoms with Gasteiger partial charge in [0.05, 0.1) is 6.61 Å². The van der Waals surface area contributed by atoms with Crippen LogP contribution in [-0.2, 0) is 4.79 Å². The summed E-state index contributed by atoms with van der Waals surface area (Å²) in [5, 5.41) is 11.4. The zero-order chi connectivity index (χ0) is 12.5.